The van der Waals surface area contributed by atoms with E-state index in [4.69, 9.17) is 27.9 Å². The van der Waals surface area contributed by atoms with E-state index in [0.717, 1.165) is 0 Å². The summed E-state index contributed by atoms with van der Waals surface area (Å²) in [5, 5.41) is 2.56. The maximum atomic E-state index is 13.8. The van der Waals surface area contributed by atoms with Gasteiger partial charge in [0.05, 0.1) is 21.0 Å². The molecule has 0 atom stereocenters. The van der Waals surface area contributed by atoms with E-state index in [1.54, 1.807) is 0 Å². The normalized spacial score (nSPS) is 13.2. The van der Waals surface area contributed by atoms with Crippen LogP contribution in [0.1, 0.15) is 37.9 Å². The standard InChI is InChI=1S/C19H12Cl2F9N5O2/c1-16(2,3)37-15(36)33-13-9-11(18(25,26)27)31-14(19(28,29)30)32-12(9)34-35(13)10-7(20)4-6(5-8(10)21)17(22,23)24/h4-5H,1-3H3,(H,33,36). The lowest BCUT2D eigenvalue weighted by molar-refractivity contribution is -0.151. The largest absolute Gasteiger partial charge is 0.451 e. The van der Waals surface area contributed by atoms with Gasteiger partial charge < -0.3 is 4.74 Å². The van der Waals surface area contributed by atoms with Gasteiger partial charge in [-0.1, -0.05) is 23.2 Å². The number of carbonyl (C=O) groups excluding carboxylic acids is 1. The van der Waals surface area contributed by atoms with Crippen molar-refractivity contribution in [1.82, 2.24) is 19.7 Å². The summed E-state index contributed by atoms with van der Waals surface area (Å²) in [6, 6.07) is 0.702. The first-order chi connectivity index (χ1) is 16.6. The molecule has 0 bridgehead atoms. The van der Waals surface area contributed by atoms with E-state index in [1.165, 1.54) is 20.8 Å². The lowest BCUT2D eigenvalue weighted by Gasteiger charge is -2.20. The summed E-state index contributed by atoms with van der Waals surface area (Å²) in [7, 11) is 0. The van der Waals surface area contributed by atoms with E-state index in [9.17, 15) is 44.3 Å². The molecule has 7 nitrogen and oxygen atoms in total. The molecular formula is C19H12Cl2F9N5O2. The lowest BCUT2D eigenvalue weighted by Crippen LogP contribution is -2.28. The van der Waals surface area contributed by atoms with Crippen molar-refractivity contribution < 1.29 is 49.0 Å². The van der Waals surface area contributed by atoms with Crippen molar-refractivity contribution in [2.75, 3.05) is 5.32 Å². The quantitative estimate of drug-likeness (QED) is 0.315. The topological polar surface area (TPSA) is 81.9 Å². The van der Waals surface area contributed by atoms with E-state index < -0.39 is 79.9 Å². The van der Waals surface area contributed by atoms with Crippen molar-refractivity contribution in [3.63, 3.8) is 0 Å². The van der Waals surface area contributed by atoms with Gasteiger partial charge in [-0.2, -0.15) is 39.5 Å². The molecule has 0 aliphatic carbocycles. The molecule has 0 spiro atoms. The number of alkyl halides is 9. The summed E-state index contributed by atoms with van der Waals surface area (Å²) >= 11 is 11.8. The molecule has 2 heterocycles. The third-order valence-corrected chi connectivity index (χ3v) is 4.81. The van der Waals surface area contributed by atoms with E-state index in [0.29, 0.717) is 16.8 Å². The molecule has 37 heavy (non-hydrogen) atoms. The minimum atomic E-state index is -5.53. The first-order valence-electron chi connectivity index (χ1n) is 9.61. The average molecular weight is 584 g/mol. The SMILES string of the molecule is CC(C)(C)OC(=O)Nc1c2c(C(F)(F)F)nc(C(F)(F)F)nc2nn1-c1c(Cl)cc(C(F)(F)F)cc1Cl. The molecule has 1 amide bonds. The van der Waals surface area contributed by atoms with Crippen molar-refractivity contribution in [3.8, 4) is 5.69 Å². The average Bonchev–Trinajstić information content (AvgIpc) is 3.00. The molecule has 18 heteroatoms. The van der Waals surface area contributed by atoms with E-state index in [-0.39, 0.29) is 0 Å². The summed E-state index contributed by atoms with van der Waals surface area (Å²) in [5.41, 5.74) is -6.63. The minimum Gasteiger partial charge on any atom is -0.444 e. The fourth-order valence-electron chi connectivity index (χ4n) is 2.93. The van der Waals surface area contributed by atoms with Crippen molar-refractivity contribution in [3.05, 3.63) is 39.3 Å². The first kappa shape index (κ1) is 28.6. The molecule has 1 aromatic carbocycles. The number of benzene rings is 1. The Morgan fingerprint density at radius 1 is 0.892 bits per heavy atom. The first-order valence-corrected chi connectivity index (χ1v) is 10.4. The van der Waals surface area contributed by atoms with Crippen LogP contribution in [0.3, 0.4) is 0 Å². The highest BCUT2D eigenvalue weighted by molar-refractivity contribution is 6.38. The summed E-state index contributed by atoms with van der Waals surface area (Å²) in [6.45, 7) is 4.18. The molecule has 0 fully saturated rings. The van der Waals surface area contributed by atoms with Crippen LogP contribution in [0.2, 0.25) is 10.0 Å². The van der Waals surface area contributed by atoms with Crippen LogP contribution < -0.4 is 5.32 Å². The van der Waals surface area contributed by atoms with Crippen LogP contribution in [0.5, 0.6) is 0 Å². The highest BCUT2D eigenvalue weighted by atomic mass is 35.5. The third kappa shape index (κ3) is 6.11. The number of carbonyl (C=O) groups is 1. The van der Waals surface area contributed by atoms with E-state index in [1.807, 2.05) is 5.32 Å². The van der Waals surface area contributed by atoms with Gasteiger partial charge in [-0.05, 0) is 32.9 Å². The maximum Gasteiger partial charge on any atom is 0.451 e. The number of hydrogen-bond donors (Lipinski definition) is 1. The second-order valence-electron chi connectivity index (χ2n) is 8.26. The van der Waals surface area contributed by atoms with Crippen LogP contribution in [0.4, 0.5) is 50.1 Å². The second-order valence-corrected chi connectivity index (χ2v) is 9.08. The highest BCUT2D eigenvalue weighted by Gasteiger charge is 2.44. The Balaban J connectivity index is 2.43. The number of aromatic nitrogens is 4. The molecule has 0 saturated carbocycles. The van der Waals surface area contributed by atoms with Crippen molar-refractivity contribution in [2.24, 2.45) is 0 Å². The molecule has 1 N–H and O–H groups in total. The summed E-state index contributed by atoms with van der Waals surface area (Å²) in [4.78, 5) is 18.0. The highest BCUT2D eigenvalue weighted by Crippen LogP contribution is 2.43. The number of hydrogen-bond acceptors (Lipinski definition) is 5. The number of halogens is 11. The number of ether oxygens (including phenoxy) is 1. The molecule has 0 radical (unpaired) electrons. The molecular weight excluding hydrogens is 572 g/mol. The van der Waals surface area contributed by atoms with Crippen LogP contribution in [0.15, 0.2) is 12.1 Å². The zero-order valence-electron chi connectivity index (χ0n) is 18.4. The van der Waals surface area contributed by atoms with Gasteiger partial charge in [0.1, 0.15) is 11.3 Å². The molecule has 202 valence electrons. The Morgan fingerprint density at radius 3 is 1.86 bits per heavy atom. The third-order valence-electron chi connectivity index (χ3n) is 4.23. The van der Waals surface area contributed by atoms with E-state index in [2.05, 4.69) is 15.1 Å². The van der Waals surface area contributed by atoms with Gasteiger partial charge in [0.2, 0.25) is 5.82 Å². The number of anilines is 1. The van der Waals surface area contributed by atoms with Gasteiger partial charge >= 0.3 is 24.6 Å². The maximum absolute atomic E-state index is 13.8. The Morgan fingerprint density at radius 2 is 1.43 bits per heavy atom. The van der Waals surface area contributed by atoms with Crippen LogP contribution in [-0.2, 0) is 23.3 Å². The summed E-state index contributed by atoms with van der Waals surface area (Å²) in [5.74, 6) is -3.24. The van der Waals surface area contributed by atoms with Gasteiger partial charge in [0, 0.05) is 0 Å². The number of nitrogens with one attached hydrogen (secondary N) is 1. The predicted octanol–water partition coefficient (Wildman–Crippen LogP) is 7.53. The van der Waals surface area contributed by atoms with Gasteiger partial charge in [0.25, 0.3) is 0 Å². The number of nitrogens with zero attached hydrogens (tertiary/aromatic N) is 4. The van der Waals surface area contributed by atoms with Crippen LogP contribution in [0.25, 0.3) is 16.7 Å². The van der Waals surface area contributed by atoms with Gasteiger partial charge in [-0.15, -0.1) is 5.10 Å². The monoisotopic (exact) mass is 583 g/mol. The minimum absolute atomic E-state index is 0.309. The Hall–Kier alpha value is -3.01. The number of fused-ring (bicyclic) bond motifs is 1. The van der Waals surface area contributed by atoms with E-state index >= 15 is 0 Å². The van der Waals surface area contributed by atoms with Crippen molar-refractivity contribution in [1.29, 1.82) is 0 Å². The van der Waals surface area contributed by atoms with Crippen LogP contribution >= 0.6 is 23.2 Å². The zero-order chi connectivity index (χ0) is 28.3. The Labute approximate surface area is 210 Å². The molecule has 3 rings (SSSR count). The lowest BCUT2D eigenvalue weighted by atomic mass is 10.2. The molecule has 0 aliphatic heterocycles. The van der Waals surface area contributed by atoms with Gasteiger partial charge in [0.15, 0.2) is 17.2 Å². The number of amides is 1. The van der Waals surface area contributed by atoms with Crippen molar-refractivity contribution in [2.45, 2.75) is 44.9 Å². The Bertz CT molecular complexity index is 1350. The zero-order valence-corrected chi connectivity index (χ0v) is 19.9. The summed E-state index contributed by atoms with van der Waals surface area (Å²) in [6.07, 6.45) is -17.3. The van der Waals surface area contributed by atoms with Crippen molar-refractivity contribution >= 4 is 46.1 Å². The van der Waals surface area contributed by atoms with Gasteiger partial charge in [-0.3, -0.25) is 5.32 Å². The molecule has 3 aromatic rings. The molecule has 0 aliphatic rings. The van der Waals surface area contributed by atoms with Crippen LogP contribution in [-0.4, -0.2) is 31.4 Å². The van der Waals surface area contributed by atoms with Gasteiger partial charge in [-0.25, -0.2) is 19.4 Å². The Kier molecular flexibility index (Phi) is 7.01. The predicted molar refractivity (Wildman–Crippen MR) is 112 cm³/mol. The molecule has 0 unspecified atom stereocenters. The fraction of sp³-hybridized carbons (Fsp3) is 0.368. The smallest absolute Gasteiger partial charge is 0.444 e. The summed E-state index contributed by atoms with van der Waals surface area (Å²) < 4.78 is 126. The number of rotatable bonds is 2. The van der Waals surface area contributed by atoms with Crippen LogP contribution in [0, 0.1) is 0 Å². The molecule has 2 aromatic heterocycles. The second kappa shape index (κ2) is 9.08. The fourth-order valence-corrected chi connectivity index (χ4v) is 3.58. The molecule has 0 saturated heterocycles.